The summed E-state index contributed by atoms with van der Waals surface area (Å²) in [5, 5.41) is 14.7. The number of phenols is 1. The Labute approximate surface area is 117 Å². The third kappa shape index (κ3) is 5.52. The molecular formula is C14H20F2N2O2. The van der Waals surface area contributed by atoms with Gasteiger partial charge in [0.2, 0.25) is 5.91 Å². The predicted octanol–water partition coefficient (Wildman–Crippen LogP) is 2.06. The summed E-state index contributed by atoms with van der Waals surface area (Å²) in [6, 6.07) is 2.11. The lowest BCUT2D eigenvalue weighted by molar-refractivity contribution is -0.122. The molecule has 0 saturated carbocycles. The van der Waals surface area contributed by atoms with Crippen molar-refractivity contribution >= 4 is 5.91 Å². The van der Waals surface area contributed by atoms with E-state index in [0.29, 0.717) is 12.1 Å². The summed E-state index contributed by atoms with van der Waals surface area (Å²) in [4.78, 5) is 11.5. The fraction of sp³-hybridized carbons (Fsp3) is 0.500. The molecule has 0 aliphatic carbocycles. The van der Waals surface area contributed by atoms with E-state index < -0.39 is 17.4 Å². The number of benzene rings is 1. The van der Waals surface area contributed by atoms with E-state index in [1.807, 2.05) is 20.8 Å². The van der Waals surface area contributed by atoms with Crippen molar-refractivity contribution in [1.29, 1.82) is 0 Å². The van der Waals surface area contributed by atoms with Crippen LogP contribution in [0.2, 0.25) is 0 Å². The van der Waals surface area contributed by atoms with Crippen molar-refractivity contribution in [2.24, 2.45) is 0 Å². The van der Waals surface area contributed by atoms with Gasteiger partial charge in [0.05, 0.1) is 0 Å². The van der Waals surface area contributed by atoms with Gasteiger partial charge in [-0.25, -0.2) is 8.78 Å². The normalized spacial score (nSPS) is 11.4. The summed E-state index contributed by atoms with van der Waals surface area (Å²) >= 11 is 0. The van der Waals surface area contributed by atoms with E-state index >= 15 is 0 Å². The predicted molar refractivity (Wildman–Crippen MR) is 72.2 cm³/mol. The van der Waals surface area contributed by atoms with Crippen LogP contribution in [0.3, 0.4) is 0 Å². The van der Waals surface area contributed by atoms with Gasteiger partial charge in [-0.3, -0.25) is 4.79 Å². The summed E-state index contributed by atoms with van der Waals surface area (Å²) in [5.74, 6) is -3.05. The lowest BCUT2D eigenvalue weighted by Crippen LogP contribution is -2.41. The molecule has 0 fully saturated rings. The zero-order valence-electron chi connectivity index (χ0n) is 11.9. The first kappa shape index (κ1) is 16.4. The fourth-order valence-corrected chi connectivity index (χ4v) is 1.64. The number of amides is 1. The molecule has 0 aliphatic rings. The summed E-state index contributed by atoms with van der Waals surface area (Å²) < 4.78 is 26.2. The molecule has 0 saturated heterocycles. The van der Waals surface area contributed by atoms with Crippen LogP contribution >= 0.6 is 0 Å². The molecule has 0 aliphatic heterocycles. The SMILES string of the molecule is CC(C)(C)NC(=O)CCNCc1cc(F)c(O)c(F)c1. The average Bonchev–Trinajstić information content (AvgIpc) is 2.29. The van der Waals surface area contributed by atoms with Gasteiger partial charge in [0.25, 0.3) is 0 Å². The Bertz CT molecular complexity index is 462. The first-order valence-electron chi connectivity index (χ1n) is 6.37. The standard InChI is InChI=1S/C14H20F2N2O2/c1-14(2,3)18-12(19)4-5-17-8-9-6-10(15)13(20)11(16)7-9/h6-7,17,20H,4-5,8H2,1-3H3,(H,18,19). The van der Waals surface area contributed by atoms with Crippen molar-refractivity contribution in [3.05, 3.63) is 29.3 Å². The van der Waals surface area contributed by atoms with E-state index in [2.05, 4.69) is 10.6 Å². The first-order valence-corrected chi connectivity index (χ1v) is 6.37. The molecule has 4 nitrogen and oxygen atoms in total. The van der Waals surface area contributed by atoms with Crippen molar-refractivity contribution < 1.29 is 18.7 Å². The molecule has 0 heterocycles. The number of rotatable bonds is 5. The van der Waals surface area contributed by atoms with Crippen LogP contribution in [0.1, 0.15) is 32.8 Å². The first-order chi connectivity index (χ1) is 9.19. The van der Waals surface area contributed by atoms with E-state index in [4.69, 9.17) is 5.11 Å². The molecule has 1 aromatic carbocycles. The fourth-order valence-electron chi connectivity index (χ4n) is 1.64. The van der Waals surface area contributed by atoms with Crippen molar-refractivity contribution in [3.63, 3.8) is 0 Å². The molecule has 6 heteroatoms. The lowest BCUT2D eigenvalue weighted by atomic mass is 10.1. The molecule has 0 bridgehead atoms. The minimum atomic E-state index is -0.993. The third-order valence-electron chi connectivity index (χ3n) is 2.45. The Balaban J connectivity index is 2.37. The van der Waals surface area contributed by atoms with Gasteiger partial charge < -0.3 is 15.7 Å². The van der Waals surface area contributed by atoms with Gasteiger partial charge in [0.1, 0.15) is 0 Å². The number of phenolic OH excluding ortho intramolecular Hbond substituents is 1. The van der Waals surface area contributed by atoms with E-state index in [9.17, 15) is 13.6 Å². The average molecular weight is 286 g/mol. The number of carbonyl (C=O) groups is 1. The van der Waals surface area contributed by atoms with Crippen LogP contribution < -0.4 is 10.6 Å². The number of hydrogen-bond acceptors (Lipinski definition) is 3. The molecule has 0 unspecified atom stereocenters. The second-order valence-corrected chi connectivity index (χ2v) is 5.63. The summed E-state index contributed by atoms with van der Waals surface area (Å²) in [6.07, 6.45) is 0.278. The molecule has 1 amide bonds. The molecule has 0 aromatic heterocycles. The number of nitrogens with one attached hydrogen (secondary N) is 2. The summed E-state index contributed by atoms with van der Waals surface area (Å²) in [5.41, 5.74) is 0.0920. The van der Waals surface area contributed by atoms with Gasteiger partial charge in [-0.15, -0.1) is 0 Å². The maximum atomic E-state index is 13.1. The zero-order chi connectivity index (χ0) is 15.3. The van der Waals surface area contributed by atoms with Crippen LogP contribution in [0, 0.1) is 11.6 Å². The molecule has 1 rings (SSSR count). The van der Waals surface area contributed by atoms with E-state index in [1.165, 1.54) is 0 Å². The Morgan fingerprint density at radius 1 is 1.25 bits per heavy atom. The highest BCUT2D eigenvalue weighted by molar-refractivity contribution is 5.76. The molecular weight excluding hydrogens is 266 g/mol. The Morgan fingerprint density at radius 2 is 1.80 bits per heavy atom. The molecule has 1 aromatic rings. The van der Waals surface area contributed by atoms with Crippen LogP contribution in [-0.4, -0.2) is 23.1 Å². The molecule has 3 N–H and O–H groups in total. The second-order valence-electron chi connectivity index (χ2n) is 5.63. The largest absolute Gasteiger partial charge is 0.503 e. The van der Waals surface area contributed by atoms with E-state index in [-0.39, 0.29) is 24.4 Å². The van der Waals surface area contributed by atoms with Crippen LogP contribution in [0.15, 0.2) is 12.1 Å². The minimum absolute atomic E-state index is 0.0898. The number of hydrogen-bond donors (Lipinski definition) is 3. The second kappa shape index (κ2) is 6.65. The van der Waals surface area contributed by atoms with Gasteiger partial charge in [0.15, 0.2) is 17.4 Å². The van der Waals surface area contributed by atoms with Crippen LogP contribution in [-0.2, 0) is 11.3 Å². The monoisotopic (exact) mass is 286 g/mol. The Morgan fingerprint density at radius 3 is 2.30 bits per heavy atom. The molecule has 0 spiro atoms. The summed E-state index contributed by atoms with van der Waals surface area (Å²) in [6.45, 7) is 6.28. The van der Waals surface area contributed by atoms with Crippen molar-refractivity contribution in [3.8, 4) is 5.75 Å². The molecule has 0 radical (unpaired) electrons. The highest BCUT2D eigenvalue weighted by Crippen LogP contribution is 2.21. The Hall–Kier alpha value is -1.69. The quantitative estimate of drug-likeness (QED) is 0.726. The van der Waals surface area contributed by atoms with Gasteiger partial charge in [-0.1, -0.05) is 0 Å². The molecule has 112 valence electrons. The maximum absolute atomic E-state index is 13.1. The van der Waals surface area contributed by atoms with Gasteiger partial charge in [-0.05, 0) is 38.5 Å². The minimum Gasteiger partial charge on any atom is -0.503 e. The molecule has 0 atom stereocenters. The number of aromatic hydroxyl groups is 1. The summed E-state index contributed by atoms with van der Waals surface area (Å²) in [7, 11) is 0. The van der Waals surface area contributed by atoms with Gasteiger partial charge >= 0.3 is 0 Å². The molecule has 20 heavy (non-hydrogen) atoms. The van der Waals surface area contributed by atoms with E-state index in [0.717, 1.165) is 12.1 Å². The highest BCUT2D eigenvalue weighted by atomic mass is 19.1. The lowest BCUT2D eigenvalue weighted by Gasteiger charge is -2.20. The zero-order valence-corrected chi connectivity index (χ0v) is 11.9. The number of carbonyl (C=O) groups excluding carboxylic acids is 1. The van der Waals surface area contributed by atoms with Gasteiger partial charge in [0, 0.05) is 25.0 Å². The maximum Gasteiger partial charge on any atom is 0.221 e. The smallest absolute Gasteiger partial charge is 0.221 e. The van der Waals surface area contributed by atoms with Crippen LogP contribution in [0.4, 0.5) is 8.78 Å². The van der Waals surface area contributed by atoms with Crippen LogP contribution in [0.25, 0.3) is 0 Å². The topological polar surface area (TPSA) is 61.4 Å². The van der Waals surface area contributed by atoms with Gasteiger partial charge in [-0.2, -0.15) is 0 Å². The number of halogens is 2. The third-order valence-corrected chi connectivity index (χ3v) is 2.45. The van der Waals surface area contributed by atoms with E-state index in [1.54, 1.807) is 0 Å². The Kier molecular flexibility index (Phi) is 5.44. The van der Waals surface area contributed by atoms with Crippen LogP contribution in [0.5, 0.6) is 5.75 Å². The highest BCUT2D eigenvalue weighted by Gasteiger charge is 2.13. The van der Waals surface area contributed by atoms with Crippen molar-refractivity contribution in [2.45, 2.75) is 39.3 Å². The van der Waals surface area contributed by atoms with Crippen molar-refractivity contribution in [1.82, 2.24) is 10.6 Å². The van der Waals surface area contributed by atoms with Crippen molar-refractivity contribution in [2.75, 3.05) is 6.54 Å².